The number of fused-ring (bicyclic) bond motifs is 1. The first-order valence-corrected chi connectivity index (χ1v) is 7.99. The molecule has 3 rings (SSSR count). The van der Waals surface area contributed by atoms with Gasteiger partial charge in [-0.3, -0.25) is 4.79 Å². The lowest BCUT2D eigenvalue weighted by atomic mass is 9.62. The molecule has 0 radical (unpaired) electrons. The fraction of sp³-hybridized carbons (Fsp3) is 0.125. The van der Waals surface area contributed by atoms with Gasteiger partial charge in [0.25, 0.3) is 4.57 Å². The van der Waals surface area contributed by atoms with Crippen LogP contribution in [0.25, 0.3) is 11.0 Å². The molecule has 0 aliphatic heterocycles. The Balaban J connectivity index is 2.09. The highest BCUT2D eigenvalue weighted by molar-refractivity contribution is 14.1. The Bertz CT molecular complexity index is 876. The van der Waals surface area contributed by atoms with Gasteiger partial charge in [0, 0.05) is 17.6 Å². The molecule has 0 aliphatic carbocycles. The number of aromatic nitrogens is 2. The number of aryl methyl sites for hydroxylation is 2. The summed E-state index contributed by atoms with van der Waals surface area (Å²) in [5.41, 5.74) is 5.50. The van der Waals surface area contributed by atoms with Gasteiger partial charge in [0.15, 0.2) is 0 Å². The molecule has 5 heteroatoms. The van der Waals surface area contributed by atoms with Crippen molar-refractivity contribution in [2.75, 3.05) is 0 Å². The van der Waals surface area contributed by atoms with Gasteiger partial charge in [-0.15, -0.1) is 22.4 Å². The molecule has 0 unspecified atom stereocenters. The number of pyridine rings is 2. The minimum absolute atomic E-state index is 0.122. The Morgan fingerprint density at radius 3 is 2.76 bits per heavy atom. The van der Waals surface area contributed by atoms with Crippen LogP contribution in [-0.2, 0) is 0 Å². The second-order valence-corrected chi connectivity index (χ2v) is 6.50. The van der Waals surface area contributed by atoms with Crippen LogP contribution in [0.2, 0.25) is 0 Å². The first kappa shape index (κ1) is 14.3. The molecule has 0 fully saturated rings. The van der Waals surface area contributed by atoms with Gasteiger partial charge in [-0.2, -0.15) is 0 Å². The van der Waals surface area contributed by atoms with E-state index >= 15 is 0 Å². The second kappa shape index (κ2) is 5.64. The maximum atomic E-state index is 11.3. The summed E-state index contributed by atoms with van der Waals surface area (Å²) in [5, 5.41) is 0.957. The zero-order valence-electron chi connectivity index (χ0n) is 11.9. The van der Waals surface area contributed by atoms with Gasteiger partial charge in [-0.05, 0) is 25.4 Å². The fourth-order valence-electron chi connectivity index (χ4n) is 2.41. The number of rotatable bonds is 2. The van der Waals surface area contributed by atoms with Crippen molar-refractivity contribution in [3.05, 3.63) is 64.1 Å². The molecule has 1 N–H and O–H groups in total. The minimum Gasteiger partial charge on any atom is -0.307 e. The van der Waals surface area contributed by atoms with E-state index in [1.165, 1.54) is 22.7 Å². The molecule has 3 nitrogen and oxygen atoms in total. The Morgan fingerprint density at radius 2 is 1.95 bits per heavy atom. The van der Waals surface area contributed by atoms with Gasteiger partial charge < -0.3 is 4.98 Å². The van der Waals surface area contributed by atoms with Crippen LogP contribution < -0.4 is 16.5 Å². The number of aromatic amines is 1. The smallest absolute Gasteiger partial charge is 0.284 e. The van der Waals surface area contributed by atoms with E-state index in [9.17, 15) is 4.79 Å². The van der Waals surface area contributed by atoms with Crippen LogP contribution in [0.3, 0.4) is 0 Å². The molecule has 0 spiro atoms. The van der Waals surface area contributed by atoms with E-state index in [2.05, 4.69) is 70.5 Å². The van der Waals surface area contributed by atoms with E-state index < -0.39 is 0 Å². The molecule has 2 aromatic heterocycles. The highest BCUT2D eigenvalue weighted by Crippen LogP contribution is 2.09. The summed E-state index contributed by atoms with van der Waals surface area (Å²) in [6.45, 7) is 4.24. The molecular weight excluding hydrogens is 374 g/mol. The van der Waals surface area contributed by atoms with Crippen molar-refractivity contribution in [3.63, 3.8) is 0 Å². The fourth-order valence-corrected chi connectivity index (χ4v) is 3.42. The summed E-state index contributed by atoms with van der Waals surface area (Å²) in [4.78, 5) is 18.4. The standard InChI is InChI=1S/C16H14BIN2O/c1-10-3-4-11(2)14(7-10)17(18)13-8-12-5-6-15(21)20-16(12)19-9-13/h3-9H,1-2H3,(H,19,20,21). The number of H-pyrrole nitrogens is 1. The predicted octanol–water partition coefficient (Wildman–Crippen LogP) is 2.08. The Hall–Kier alpha value is -1.63. The lowest BCUT2D eigenvalue weighted by molar-refractivity contribution is 1.24. The van der Waals surface area contributed by atoms with Crippen molar-refractivity contribution in [1.29, 1.82) is 0 Å². The van der Waals surface area contributed by atoms with E-state index in [-0.39, 0.29) is 10.1 Å². The average Bonchev–Trinajstić information content (AvgIpc) is 2.48. The Labute approximate surface area is 136 Å². The monoisotopic (exact) mass is 388 g/mol. The summed E-state index contributed by atoms with van der Waals surface area (Å²) in [6.07, 6.45) is 1.84. The minimum atomic E-state index is -0.122. The third kappa shape index (κ3) is 2.88. The third-order valence-corrected chi connectivity index (χ3v) is 4.98. The SMILES string of the molecule is Cc1ccc(C)c(B(I)c2cnc3[nH]c(=O)ccc3c2)c1. The number of nitrogens with zero attached hydrogens (tertiary/aromatic N) is 1. The number of hydrogen-bond donors (Lipinski definition) is 1. The maximum absolute atomic E-state index is 11.3. The molecule has 1 aromatic carbocycles. The highest BCUT2D eigenvalue weighted by Gasteiger charge is 2.18. The van der Waals surface area contributed by atoms with E-state index in [0.717, 1.165) is 10.8 Å². The lowest BCUT2D eigenvalue weighted by Gasteiger charge is -2.12. The summed E-state index contributed by atoms with van der Waals surface area (Å²) >= 11 is 2.44. The van der Waals surface area contributed by atoms with Gasteiger partial charge in [0.05, 0.1) is 0 Å². The number of nitrogens with one attached hydrogen (secondary N) is 1. The zero-order valence-corrected chi connectivity index (χ0v) is 14.0. The molecule has 0 saturated heterocycles. The largest absolute Gasteiger partial charge is 0.307 e. The normalized spacial score (nSPS) is 10.8. The second-order valence-electron chi connectivity index (χ2n) is 5.25. The first-order valence-electron chi connectivity index (χ1n) is 6.75. The summed E-state index contributed by atoms with van der Waals surface area (Å²) in [7, 11) is 0. The summed E-state index contributed by atoms with van der Waals surface area (Å²) in [6, 6.07) is 12.0. The average molecular weight is 388 g/mol. The summed E-state index contributed by atoms with van der Waals surface area (Å²) in [5.74, 6) is 0. The van der Waals surface area contributed by atoms with Crippen LogP contribution in [0.1, 0.15) is 11.1 Å². The lowest BCUT2D eigenvalue weighted by Crippen LogP contribution is -2.38. The van der Waals surface area contributed by atoms with Gasteiger partial charge in [0.1, 0.15) is 5.65 Å². The predicted molar refractivity (Wildman–Crippen MR) is 97.3 cm³/mol. The van der Waals surface area contributed by atoms with E-state index in [0.29, 0.717) is 5.65 Å². The third-order valence-electron chi connectivity index (χ3n) is 3.59. The number of hydrogen-bond acceptors (Lipinski definition) is 2. The first-order chi connectivity index (χ1) is 10.0. The van der Waals surface area contributed by atoms with Crippen LogP contribution in [0.4, 0.5) is 0 Å². The molecule has 3 aromatic rings. The van der Waals surface area contributed by atoms with E-state index in [1.54, 1.807) is 0 Å². The van der Waals surface area contributed by atoms with Gasteiger partial charge in [0.2, 0.25) is 5.56 Å². The summed E-state index contributed by atoms with van der Waals surface area (Å²) < 4.78 is 0.242. The van der Waals surface area contributed by atoms with E-state index in [4.69, 9.17) is 0 Å². The Morgan fingerprint density at radius 1 is 1.14 bits per heavy atom. The van der Waals surface area contributed by atoms with Crippen molar-refractivity contribution in [3.8, 4) is 0 Å². The van der Waals surface area contributed by atoms with E-state index in [1.807, 2.05) is 12.3 Å². The van der Waals surface area contributed by atoms with Crippen LogP contribution in [0, 0.1) is 13.8 Å². The molecule has 21 heavy (non-hydrogen) atoms. The molecule has 2 heterocycles. The molecule has 0 bridgehead atoms. The van der Waals surface area contributed by atoms with Crippen molar-refractivity contribution < 1.29 is 0 Å². The zero-order chi connectivity index (χ0) is 15.0. The highest BCUT2D eigenvalue weighted by atomic mass is 127. The molecule has 0 saturated carbocycles. The molecule has 104 valence electrons. The van der Waals surface area contributed by atoms with Crippen molar-refractivity contribution in [2.45, 2.75) is 13.8 Å². The van der Waals surface area contributed by atoms with Crippen LogP contribution in [-0.4, -0.2) is 14.5 Å². The number of benzene rings is 1. The molecular formula is C16H14BIN2O. The van der Waals surface area contributed by atoms with Gasteiger partial charge in [-0.1, -0.05) is 40.9 Å². The molecule has 0 atom stereocenters. The molecule has 0 aliphatic rings. The molecule has 0 amide bonds. The van der Waals surface area contributed by atoms with Gasteiger partial charge >= 0.3 is 0 Å². The van der Waals surface area contributed by atoms with Crippen molar-refractivity contribution in [1.82, 2.24) is 9.97 Å². The van der Waals surface area contributed by atoms with Crippen molar-refractivity contribution in [2.24, 2.45) is 0 Å². The number of halogens is 1. The van der Waals surface area contributed by atoms with Crippen LogP contribution in [0.15, 0.2) is 47.4 Å². The van der Waals surface area contributed by atoms with Crippen LogP contribution >= 0.6 is 22.4 Å². The topological polar surface area (TPSA) is 45.8 Å². The van der Waals surface area contributed by atoms with Crippen molar-refractivity contribution >= 4 is 48.9 Å². The van der Waals surface area contributed by atoms with Crippen LogP contribution in [0.5, 0.6) is 0 Å². The maximum Gasteiger partial charge on any atom is 0.284 e. The van der Waals surface area contributed by atoms with Gasteiger partial charge in [-0.25, -0.2) is 4.98 Å². The quantitative estimate of drug-likeness (QED) is 0.540. The Kier molecular flexibility index (Phi) is 3.84.